The maximum Gasteiger partial charge on any atom is 0.100 e. The van der Waals surface area contributed by atoms with Crippen molar-refractivity contribution in [3.63, 3.8) is 0 Å². The molecule has 0 radical (unpaired) electrons. The van der Waals surface area contributed by atoms with Crippen molar-refractivity contribution in [3.05, 3.63) is 23.6 Å². The van der Waals surface area contributed by atoms with Gasteiger partial charge in [0.05, 0.1) is 0 Å². The Labute approximate surface area is 85.3 Å². The van der Waals surface area contributed by atoms with Gasteiger partial charge in [0, 0.05) is 6.42 Å². The Bertz CT molecular complexity index is 259. The predicted octanol–water partition coefficient (Wildman–Crippen LogP) is 2.90. The molecule has 0 aromatic carbocycles. The van der Waals surface area contributed by atoms with E-state index in [2.05, 4.69) is 11.9 Å². The van der Waals surface area contributed by atoms with Crippen molar-refractivity contribution in [3.8, 4) is 0 Å². The summed E-state index contributed by atoms with van der Waals surface area (Å²) in [7, 11) is 2.17. The summed E-state index contributed by atoms with van der Waals surface area (Å²) in [6, 6.07) is 0. The van der Waals surface area contributed by atoms with Crippen LogP contribution in [0, 0.1) is 5.92 Å². The second-order valence-electron chi connectivity index (χ2n) is 4.43. The molecule has 0 aromatic rings. The van der Waals surface area contributed by atoms with Gasteiger partial charge in [0.15, 0.2) is 0 Å². The summed E-state index contributed by atoms with van der Waals surface area (Å²) in [5.41, 5.74) is 1.47. The lowest BCUT2D eigenvalue weighted by atomic mass is 9.85. The number of piperidine rings is 1. The molecule has 0 aromatic heterocycles. The van der Waals surface area contributed by atoms with Gasteiger partial charge in [-0.05, 0) is 51.4 Å². The third kappa shape index (κ3) is 2.24. The van der Waals surface area contributed by atoms with Crippen molar-refractivity contribution in [2.24, 2.45) is 5.92 Å². The first kappa shape index (κ1) is 9.91. The summed E-state index contributed by atoms with van der Waals surface area (Å²) in [6.45, 7) is 2.38. The monoisotopic (exact) mass is 195 g/mol. The standard InChI is InChI=1S/C12H18FN/c1-14-8-6-11(7-9-14)10-2-4-12(13)5-3-10/h2,4,11H,3,5-9H2,1H3. The van der Waals surface area contributed by atoms with Crippen molar-refractivity contribution in [2.45, 2.75) is 25.7 Å². The fraction of sp³-hybridized carbons (Fsp3) is 0.667. The van der Waals surface area contributed by atoms with Gasteiger partial charge in [-0.3, -0.25) is 0 Å². The van der Waals surface area contributed by atoms with Crippen LogP contribution in [0.15, 0.2) is 23.6 Å². The van der Waals surface area contributed by atoms with Gasteiger partial charge in [0.1, 0.15) is 5.83 Å². The molecule has 1 nitrogen and oxygen atoms in total. The maximum atomic E-state index is 12.8. The Balaban J connectivity index is 1.96. The van der Waals surface area contributed by atoms with E-state index in [1.807, 2.05) is 6.08 Å². The van der Waals surface area contributed by atoms with Crippen molar-refractivity contribution >= 4 is 0 Å². The van der Waals surface area contributed by atoms with Crippen LogP contribution in [-0.2, 0) is 0 Å². The number of nitrogens with zero attached hydrogens (tertiary/aromatic N) is 1. The van der Waals surface area contributed by atoms with E-state index >= 15 is 0 Å². The van der Waals surface area contributed by atoms with Crippen LogP contribution < -0.4 is 0 Å². The number of hydrogen-bond donors (Lipinski definition) is 0. The third-order valence-electron chi connectivity index (χ3n) is 3.37. The van der Waals surface area contributed by atoms with E-state index in [9.17, 15) is 4.39 Å². The summed E-state index contributed by atoms with van der Waals surface area (Å²) >= 11 is 0. The molecule has 0 bridgehead atoms. The van der Waals surface area contributed by atoms with Crippen molar-refractivity contribution in [1.29, 1.82) is 0 Å². The normalized spacial score (nSPS) is 25.9. The lowest BCUT2D eigenvalue weighted by Gasteiger charge is -2.31. The van der Waals surface area contributed by atoms with Crippen LogP contribution >= 0.6 is 0 Å². The molecule has 0 atom stereocenters. The van der Waals surface area contributed by atoms with Gasteiger partial charge in [-0.1, -0.05) is 11.6 Å². The molecule has 1 fully saturated rings. The van der Waals surface area contributed by atoms with Gasteiger partial charge in [-0.2, -0.15) is 0 Å². The zero-order chi connectivity index (χ0) is 9.97. The first-order valence-electron chi connectivity index (χ1n) is 5.49. The molecule has 0 saturated carbocycles. The largest absolute Gasteiger partial charge is 0.306 e. The second kappa shape index (κ2) is 4.26. The molecule has 2 heteroatoms. The highest BCUT2D eigenvalue weighted by molar-refractivity contribution is 5.23. The summed E-state index contributed by atoms with van der Waals surface area (Å²) in [6.07, 6.45) is 7.72. The number of hydrogen-bond acceptors (Lipinski definition) is 1. The minimum atomic E-state index is 0.0432. The van der Waals surface area contributed by atoms with Crippen molar-refractivity contribution in [1.82, 2.24) is 4.90 Å². The van der Waals surface area contributed by atoms with Crippen molar-refractivity contribution in [2.75, 3.05) is 20.1 Å². The molecule has 2 aliphatic rings. The van der Waals surface area contributed by atoms with Gasteiger partial charge in [0.25, 0.3) is 0 Å². The molecule has 1 aliphatic heterocycles. The molecular formula is C12H18FN. The number of halogens is 1. The van der Waals surface area contributed by atoms with Gasteiger partial charge in [0.2, 0.25) is 0 Å². The van der Waals surface area contributed by atoms with E-state index in [1.54, 1.807) is 6.08 Å². The molecule has 1 heterocycles. The van der Waals surface area contributed by atoms with Gasteiger partial charge in [-0.25, -0.2) is 4.39 Å². The Morgan fingerprint density at radius 3 is 2.50 bits per heavy atom. The molecule has 14 heavy (non-hydrogen) atoms. The maximum absolute atomic E-state index is 12.8. The van der Waals surface area contributed by atoms with Gasteiger partial charge < -0.3 is 4.90 Å². The zero-order valence-corrected chi connectivity index (χ0v) is 8.80. The van der Waals surface area contributed by atoms with Crippen LogP contribution in [0.25, 0.3) is 0 Å². The SMILES string of the molecule is CN1CCC(C2=CC=C(F)CC2)CC1. The first-order valence-corrected chi connectivity index (χ1v) is 5.49. The van der Waals surface area contributed by atoms with Crippen LogP contribution in [0.3, 0.4) is 0 Å². The molecule has 0 unspecified atom stereocenters. The minimum Gasteiger partial charge on any atom is -0.306 e. The summed E-state index contributed by atoms with van der Waals surface area (Å²) in [5.74, 6) is 0.761. The molecule has 78 valence electrons. The predicted molar refractivity (Wildman–Crippen MR) is 56.7 cm³/mol. The Morgan fingerprint density at radius 2 is 1.93 bits per heavy atom. The second-order valence-corrected chi connectivity index (χ2v) is 4.43. The average molecular weight is 195 g/mol. The number of likely N-dealkylation sites (tertiary alicyclic amines) is 1. The van der Waals surface area contributed by atoms with Gasteiger partial charge in [-0.15, -0.1) is 0 Å². The fourth-order valence-corrected chi connectivity index (χ4v) is 2.35. The van der Waals surface area contributed by atoms with Crippen LogP contribution in [0.1, 0.15) is 25.7 Å². The quantitative estimate of drug-likeness (QED) is 0.622. The number of allylic oxidation sites excluding steroid dienone is 4. The first-order chi connectivity index (χ1) is 6.75. The van der Waals surface area contributed by atoms with Crippen LogP contribution in [0.2, 0.25) is 0 Å². The highest BCUT2D eigenvalue weighted by Crippen LogP contribution is 2.31. The molecule has 1 saturated heterocycles. The summed E-state index contributed by atoms with van der Waals surface area (Å²) in [5, 5.41) is 0. The summed E-state index contributed by atoms with van der Waals surface area (Å²) in [4.78, 5) is 2.37. The van der Waals surface area contributed by atoms with Gasteiger partial charge >= 0.3 is 0 Å². The average Bonchev–Trinajstić information content (AvgIpc) is 2.21. The molecule has 0 spiro atoms. The molecular weight excluding hydrogens is 177 g/mol. The third-order valence-corrected chi connectivity index (χ3v) is 3.37. The smallest absolute Gasteiger partial charge is 0.100 e. The Hall–Kier alpha value is -0.630. The van der Waals surface area contributed by atoms with E-state index < -0.39 is 0 Å². The fourth-order valence-electron chi connectivity index (χ4n) is 2.35. The lowest BCUT2D eigenvalue weighted by Crippen LogP contribution is -2.31. The molecule has 0 amide bonds. The number of rotatable bonds is 1. The van der Waals surface area contributed by atoms with Crippen LogP contribution in [0.4, 0.5) is 4.39 Å². The highest BCUT2D eigenvalue weighted by Gasteiger charge is 2.21. The van der Waals surface area contributed by atoms with Crippen LogP contribution in [0.5, 0.6) is 0 Å². The topological polar surface area (TPSA) is 3.24 Å². The lowest BCUT2D eigenvalue weighted by molar-refractivity contribution is 0.235. The van der Waals surface area contributed by atoms with E-state index in [1.165, 1.54) is 31.5 Å². The highest BCUT2D eigenvalue weighted by atomic mass is 19.1. The van der Waals surface area contributed by atoms with E-state index in [0.29, 0.717) is 6.42 Å². The van der Waals surface area contributed by atoms with E-state index in [-0.39, 0.29) is 5.83 Å². The Morgan fingerprint density at radius 1 is 1.21 bits per heavy atom. The van der Waals surface area contributed by atoms with Crippen LogP contribution in [-0.4, -0.2) is 25.0 Å². The van der Waals surface area contributed by atoms with Crippen molar-refractivity contribution < 1.29 is 4.39 Å². The van der Waals surface area contributed by atoms with E-state index in [0.717, 1.165) is 12.3 Å². The van der Waals surface area contributed by atoms with E-state index in [4.69, 9.17) is 0 Å². The molecule has 1 aliphatic carbocycles. The zero-order valence-electron chi connectivity index (χ0n) is 8.80. The Kier molecular flexibility index (Phi) is 3.02. The molecule has 2 rings (SSSR count). The summed E-state index contributed by atoms with van der Waals surface area (Å²) < 4.78 is 12.8. The molecule has 0 N–H and O–H groups in total. The minimum absolute atomic E-state index is 0.0432.